The van der Waals surface area contributed by atoms with E-state index < -0.39 is 19.5 Å². The first-order chi connectivity index (χ1) is 10.3. The maximum Gasteiger partial charge on any atom is 0.351 e. The van der Waals surface area contributed by atoms with Crippen LogP contribution in [0.2, 0.25) is 0 Å². The Labute approximate surface area is 126 Å². The molecule has 1 saturated carbocycles. The van der Waals surface area contributed by atoms with E-state index in [0.29, 0.717) is 17.7 Å². The summed E-state index contributed by atoms with van der Waals surface area (Å²) in [4.78, 5) is 30.3. The quantitative estimate of drug-likeness (QED) is 0.660. The van der Waals surface area contributed by atoms with Crippen molar-refractivity contribution in [1.82, 2.24) is 19.5 Å². The standard InChI is InChI=1S/C12H18N5O4P/c1-2-8-3-12(8,21-7-22(18,19)20)5-17-6-15-9-4-14-11(13)16-10(9)17/h4,6,8H,2-3,5,7H2,1H3,(H2,13,14,16)(H2,18,19,20). The van der Waals surface area contributed by atoms with Crippen molar-refractivity contribution in [3.05, 3.63) is 12.5 Å². The van der Waals surface area contributed by atoms with E-state index in [0.717, 1.165) is 12.8 Å². The minimum atomic E-state index is -4.20. The Morgan fingerprint density at radius 1 is 1.55 bits per heavy atom. The summed E-state index contributed by atoms with van der Waals surface area (Å²) >= 11 is 0. The van der Waals surface area contributed by atoms with Gasteiger partial charge in [-0.2, -0.15) is 4.98 Å². The molecule has 22 heavy (non-hydrogen) atoms. The van der Waals surface area contributed by atoms with Crippen LogP contribution < -0.4 is 5.73 Å². The Morgan fingerprint density at radius 3 is 2.95 bits per heavy atom. The van der Waals surface area contributed by atoms with Gasteiger partial charge in [-0.05, 0) is 12.3 Å². The molecule has 2 atom stereocenters. The molecule has 3 rings (SSSR count). The van der Waals surface area contributed by atoms with E-state index in [2.05, 4.69) is 15.0 Å². The van der Waals surface area contributed by atoms with Crippen LogP contribution in [0.3, 0.4) is 0 Å². The Morgan fingerprint density at radius 2 is 2.32 bits per heavy atom. The topological polar surface area (TPSA) is 136 Å². The first-order valence-electron chi connectivity index (χ1n) is 6.95. The van der Waals surface area contributed by atoms with Gasteiger partial charge < -0.3 is 24.8 Å². The molecule has 9 nitrogen and oxygen atoms in total. The van der Waals surface area contributed by atoms with Gasteiger partial charge in [0.2, 0.25) is 5.95 Å². The molecule has 10 heteroatoms. The maximum atomic E-state index is 11.1. The van der Waals surface area contributed by atoms with Gasteiger partial charge in [-0.25, -0.2) is 9.97 Å². The van der Waals surface area contributed by atoms with Crippen molar-refractivity contribution >= 4 is 24.7 Å². The highest BCUT2D eigenvalue weighted by Crippen LogP contribution is 2.52. The number of anilines is 1. The summed E-state index contributed by atoms with van der Waals surface area (Å²) in [5.74, 6) is 0.415. The van der Waals surface area contributed by atoms with Gasteiger partial charge in [0.15, 0.2) is 5.65 Å². The fourth-order valence-corrected chi connectivity index (χ4v) is 3.20. The van der Waals surface area contributed by atoms with Crippen LogP contribution in [-0.2, 0) is 15.8 Å². The second-order valence-electron chi connectivity index (χ2n) is 5.62. The summed E-state index contributed by atoms with van der Waals surface area (Å²) in [5.41, 5.74) is 6.23. The zero-order valence-electron chi connectivity index (χ0n) is 12.1. The first-order valence-corrected chi connectivity index (χ1v) is 8.74. The van der Waals surface area contributed by atoms with Crippen LogP contribution in [0.4, 0.5) is 5.95 Å². The predicted octanol–water partition coefficient (Wildman–Crippen LogP) is 0.729. The minimum Gasteiger partial charge on any atom is -0.368 e. The van der Waals surface area contributed by atoms with Crippen molar-refractivity contribution in [3.63, 3.8) is 0 Å². The van der Waals surface area contributed by atoms with Gasteiger partial charge in [0.1, 0.15) is 11.9 Å². The third-order valence-corrected chi connectivity index (χ3v) is 4.47. The molecule has 0 bridgehead atoms. The van der Waals surface area contributed by atoms with Crippen LogP contribution in [0.1, 0.15) is 19.8 Å². The van der Waals surface area contributed by atoms with E-state index in [4.69, 9.17) is 20.3 Å². The lowest BCUT2D eigenvalue weighted by molar-refractivity contribution is 0.0281. The lowest BCUT2D eigenvalue weighted by atomic mass is 10.2. The molecule has 120 valence electrons. The molecule has 1 aliphatic carbocycles. The lowest BCUT2D eigenvalue weighted by Gasteiger charge is -2.19. The fourth-order valence-electron chi connectivity index (χ4n) is 2.78. The summed E-state index contributed by atoms with van der Waals surface area (Å²) in [6.07, 6.45) is 4.22. The van der Waals surface area contributed by atoms with Crippen LogP contribution in [0, 0.1) is 5.92 Å². The van der Waals surface area contributed by atoms with Gasteiger partial charge in [-0.15, -0.1) is 0 Å². The van der Waals surface area contributed by atoms with Crippen molar-refractivity contribution in [1.29, 1.82) is 0 Å². The van der Waals surface area contributed by atoms with Crippen LogP contribution in [0.15, 0.2) is 12.5 Å². The normalized spacial score (nSPS) is 24.8. The van der Waals surface area contributed by atoms with E-state index >= 15 is 0 Å². The molecular formula is C12H18N5O4P. The number of ether oxygens (including phenoxy) is 1. The molecule has 0 spiro atoms. The zero-order valence-corrected chi connectivity index (χ0v) is 13.0. The van der Waals surface area contributed by atoms with Crippen LogP contribution in [-0.4, -0.2) is 41.3 Å². The smallest absolute Gasteiger partial charge is 0.351 e. The Bertz CT molecular complexity index is 744. The zero-order chi connectivity index (χ0) is 16.0. The number of nitrogens with two attached hydrogens (primary N) is 1. The predicted molar refractivity (Wildman–Crippen MR) is 78.9 cm³/mol. The molecular weight excluding hydrogens is 309 g/mol. The maximum absolute atomic E-state index is 11.1. The van der Waals surface area contributed by atoms with E-state index in [1.54, 1.807) is 17.1 Å². The number of imidazole rings is 1. The van der Waals surface area contributed by atoms with Crippen LogP contribution in [0.5, 0.6) is 0 Å². The highest BCUT2D eigenvalue weighted by atomic mass is 31.2. The number of hydrogen-bond acceptors (Lipinski definition) is 6. The monoisotopic (exact) mass is 327 g/mol. The average Bonchev–Trinajstić information content (AvgIpc) is 3.02. The van der Waals surface area contributed by atoms with Crippen molar-refractivity contribution in [2.75, 3.05) is 12.1 Å². The largest absolute Gasteiger partial charge is 0.368 e. The molecule has 0 radical (unpaired) electrons. The number of aromatic nitrogens is 4. The molecule has 2 unspecified atom stereocenters. The van der Waals surface area contributed by atoms with Gasteiger partial charge in [-0.1, -0.05) is 13.3 Å². The summed E-state index contributed by atoms with van der Waals surface area (Å²) in [6, 6.07) is 0. The number of rotatable bonds is 6. The second kappa shape index (κ2) is 5.27. The average molecular weight is 327 g/mol. The van der Waals surface area contributed by atoms with E-state index in [9.17, 15) is 4.57 Å². The molecule has 2 aromatic heterocycles. The Kier molecular flexibility index (Phi) is 3.68. The van der Waals surface area contributed by atoms with Crippen LogP contribution in [0.25, 0.3) is 11.2 Å². The highest BCUT2D eigenvalue weighted by molar-refractivity contribution is 7.51. The molecule has 4 N–H and O–H groups in total. The summed E-state index contributed by atoms with van der Waals surface area (Å²) < 4.78 is 18.4. The minimum absolute atomic E-state index is 0.155. The molecule has 0 amide bonds. The van der Waals surface area contributed by atoms with Crippen molar-refractivity contribution < 1.29 is 19.1 Å². The highest BCUT2D eigenvalue weighted by Gasteiger charge is 2.55. The summed E-state index contributed by atoms with van der Waals surface area (Å²) in [7, 11) is -4.20. The van der Waals surface area contributed by atoms with Crippen molar-refractivity contribution in [2.45, 2.75) is 31.9 Å². The third-order valence-electron chi connectivity index (χ3n) is 4.00. The molecule has 2 aromatic rings. The summed E-state index contributed by atoms with van der Waals surface area (Å²) in [6.45, 7) is 2.46. The number of hydrogen-bond donors (Lipinski definition) is 3. The summed E-state index contributed by atoms with van der Waals surface area (Å²) in [5, 5.41) is 0. The van der Waals surface area contributed by atoms with Gasteiger partial charge in [0.25, 0.3) is 0 Å². The molecule has 0 aliphatic heterocycles. The first kappa shape index (κ1) is 15.4. The van der Waals surface area contributed by atoms with E-state index in [-0.39, 0.29) is 11.9 Å². The lowest BCUT2D eigenvalue weighted by Crippen LogP contribution is -2.25. The number of fused-ring (bicyclic) bond motifs is 1. The van der Waals surface area contributed by atoms with Gasteiger partial charge in [0.05, 0.1) is 24.7 Å². The molecule has 2 heterocycles. The van der Waals surface area contributed by atoms with Crippen molar-refractivity contribution in [2.24, 2.45) is 5.92 Å². The van der Waals surface area contributed by atoms with Gasteiger partial charge in [0, 0.05) is 0 Å². The molecule has 0 aromatic carbocycles. The fraction of sp³-hybridized carbons (Fsp3) is 0.583. The van der Waals surface area contributed by atoms with Gasteiger partial charge >= 0.3 is 7.60 Å². The molecule has 1 fully saturated rings. The van der Waals surface area contributed by atoms with Gasteiger partial charge in [-0.3, -0.25) is 4.57 Å². The second-order valence-corrected chi connectivity index (χ2v) is 7.21. The number of nitrogens with zero attached hydrogens (tertiary/aromatic N) is 4. The number of nitrogen functional groups attached to an aromatic ring is 1. The Balaban J connectivity index is 1.84. The van der Waals surface area contributed by atoms with Crippen molar-refractivity contribution in [3.8, 4) is 0 Å². The van der Waals surface area contributed by atoms with E-state index in [1.807, 2.05) is 6.92 Å². The van der Waals surface area contributed by atoms with E-state index in [1.165, 1.54) is 0 Å². The molecule has 0 saturated heterocycles. The third kappa shape index (κ3) is 2.98. The Hall–Kier alpha value is -1.54. The SMILES string of the molecule is CCC1CC1(Cn1cnc2cnc(N)nc21)OCP(=O)(O)O. The van der Waals surface area contributed by atoms with Crippen LogP contribution >= 0.6 is 7.60 Å². The molecule has 1 aliphatic rings.